The number of rotatable bonds is 6. The molecule has 1 heterocycles. The predicted molar refractivity (Wildman–Crippen MR) is 58.9 cm³/mol. The topological polar surface area (TPSA) is 75.4 Å². The molecule has 5 heteroatoms. The highest BCUT2D eigenvalue weighted by Gasteiger charge is 2.26. The second-order valence-electron chi connectivity index (χ2n) is 3.93. The summed E-state index contributed by atoms with van der Waals surface area (Å²) in [5.41, 5.74) is 0.0263. The number of nitrogens with one attached hydrogen (secondary N) is 1. The maximum absolute atomic E-state index is 11.6. The molecule has 0 saturated heterocycles. The first-order valence-electron chi connectivity index (χ1n) is 5.47. The van der Waals surface area contributed by atoms with Crippen molar-refractivity contribution in [1.82, 2.24) is 10.5 Å². The van der Waals surface area contributed by atoms with E-state index in [9.17, 15) is 9.90 Å². The van der Waals surface area contributed by atoms with Gasteiger partial charge in [-0.25, -0.2) is 0 Å². The van der Waals surface area contributed by atoms with Crippen molar-refractivity contribution in [3.05, 3.63) is 18.0 Å². The van der Waals surface area contributed by atoms with Crippen LogP contribution in [0.1, 0.15) is 37.2 Å². The van der Waals surface area contributed by atoms with E-state index in [0.717, 1.165) is 12.8 Å². The summed E-state index contributed by atoms with van der Waals surface area (Å²) >= 11 is 0. The first-order chi connectivity index (χ1) is 7.67. The summed E-state index contributed by atoms with van der Waals surface area (Å²) < 4.78 is 4.59. The van der Waals surface area contributed by atoms with Crippen LogP contribution in [-0.4, -0.2) is 29.3 Å². The van der Waals surface area contributed by atoms with Crippen LogP contribution < -0.4 is 5.32 Å². The minimum absolute atomic E-state index is 0.0685. The number of nitrogens with zero attached hydrogens (tertiary/aromatic N) is 1. The van der Waals surface area contributed by atoms with E-state index in [1.807, 2.05) is 13.8 Å². The fraction of sp³-hybridized carbons (Fsp3) is 0.636. The molecule has 0 atom stereocenters. The number of aliphatic hydroxyl groups is 1. The van der Waals surface area contributed by atoms with E-state index in [-0.39, 0.29) is 23.6 Å². The average Bonchev–Trinajstić information content (AvgIpc) is 2.85. The quantitative estimate of drug-likeness (QED) is 0.764. The van der Waals surface area contributed by atoms with E-state index < -0.39 is 0 Å². The molecule has 1 rings (SSSR count). The summed E-state index contributed by atoms with van der Waals surface area (Å²) in [4.78, 5) is 11.6. The van der Waals surface area contributed by atoms with Gasteiger partial charge in [0.2, 0.25) is 0 Å². The Labute approximate surface area is 94.8 Å². The molecule has 1 amide bonds. The van der Waals surface area contributed by atoms with E-state index >= 15 is 0 Å². The van der Waals surface area contributed by atoms with Gasteiger partial charge in [0.15, 0.2) is 5.69 Å². The second kappa shape index (κ2) is 5.65. The van der Waals surface area contributed by atoms with Gasteiger partial charge in [-0.3, -0.25) is 4.79 Å². The number of aromatic nitrogens is 1. The lowest BCUT2D eigenvalue weighted by Gasteiger charge is -2.29. The van der Waals surface area contributed by atoms with Crippen LogP contribution in [0.3, 0.4) is 0 Å². The molecule has 16 heavy (non-hydrogen) atoms. The number of hydrogen-bond donors (Lipinski definition) is 2. The van der Waals surface area contributed by atoms with Crippen LogP contribution in [0.2, 0.25) is 0 Å². The molecule has 0 unspecified atom stereocenters. The van der Waals surface area contributed by atoms with E-state index in [4.69, 9.17) is 0 Å². The van der Waals surface area contributed by atoms with Crippen molar-refractivity contribution in [2.24, 2.45) is 5.41 Å². The lowest BCUT2D eigenvalue weighted by molar-refractivity contribution is 0.0843. The molecule has 2 N–H and O–H groups in total. The monoisotopic (exact) mass is 226 g/mol. The summed E-state index contributed by atoms with van der Waals surface area (Å²) in [6, 6.07) is 1.51. The second-order valence-corrected chi connectivity index (χ2v) is 3.93. The Balaban J connectivity index is 2.53. The molecule has 0 saturated carbocycles. The maximum atomic E-state index is 11.6. The van der Waals surface area contributed by atoms with Crippen molar-refractivity contribution in [3.8, 4) is 0 Å². The Bertz CT molecular complexity index is 310. The highest BCUT2D eigenvalue weighted by molar-refractivity contribution is 5.91. The van der Waals surface area contributed by atoms with Crippen molar-refractivity contribution < 1.29 is 14.4 Å². The van der Waals surface area contributed by atoms with Crippen molar-refractivity contribution in [3.63, 3.8) is 0 Å². The largest absolute Gasteiger partial charge is 0.396 e. The Morgan fingerprint density at radius 3 is 2.69 bits per heavy atom. The fourth-order valence-electron chi connectivity index (χ4n) is 1.47. The van der Waals surface area contributed by atoms with E-state index in [0.29, 0.717) is 6.54 Å². The molecular weight excluding hydrogens is 208 g/mol. The molecule has 5 nitrogen and oxygen atoms in total. The third-order valence-electron chi connectivity index (χ3n) is 3.13. The number of carbonyl (C=O) groups is 1. The van der Waals surface area contributed by atoms with Crippen LogP contribution in [0.25, 0.3) is 0 Å². The Morgan fingerprint density at radius 2 is 2.25 bits per heavy atom. The molecular formula is C11H18N2O3. The highest BCUT2D eigenvalue weighted by Crippen LogP contribution is 2.24. The number of carbonyl (C=O) groups excluding carboxylic acids is 1. The molecule has 0 fully saturated rings. The van der Waals surface area contributed by atoms with Gasteiger partial charge in [-0.15, -0.1) is 0 Å². The van der Waals surface area contributed by atoms with Crippen molar-refractivity contribution in [2.75, 3.05) is 13.2 Å². The smallest absolute Gasteiger partial charge is 0.273 e. The molecule has 0 aliphatic heterocycles. The first kappa shape index (κ1) is 12.7. The molecule has 0 aromatic carbocycles. The normalized spacial score (nSPS) is 11.4. The summed E-state index contributed by atoms with van der Waals surface area (Å²) in [6.07, 6.45) is 2.99. The molecule has 0 aliphatic carbocycles. The first-order valence-corrected chi connectivity index (χ1v) is 5.47. The van der Waals surface area contributed by atoms with Gasteiger partial charge in [-0.05, 0) is 12.8 Å². The standard InChI is InChI=1S/C11H18N2O3/c1-3-11(4-2,8-14)7-12-10(15)9-5-6-16-13-9/h5-6,14H,3-4,7-8H2,1-2H3,(H,12,15). The SMILES string of the molecule is CCC(CC)(CO)CNC(=O)c1ccon1. The molecule has 0 bridgehead atoms. The van der Waals surface area contributed by atoms with E-state index in [1.54, 1.807) is 0 Å². The molecule has 0 radical (unpaired) electrons. The van der Waals surface area contributed by atoms with Crippen molar-refractivity contribution >= 4 is 5.91 Å². The molecule has 1 aromatic heterocycles. The summed E-state index contributed by atoms with van der Waals surface area (Å²) in [5.74, 6) is -0.270. The van der Waals surface area contributed by atoms with Crippen LogP contribution >= 0.6 is 0 Å². The minimum atomic E-state index is -0.270. The van der Waals surface area contributed by atoms with Crippen LogP contribution in [0.15, 0.2) is 16.9 Å². The molecule has 1 aromatic rings. The third kappa shape index (κ3) is 2.82. The van der Waals surface area contributed by atoms with Crippen LogP contribution in [0.5, 0.6) is 0 Å². The molecule has 90 valence electrons. The van der Waals surface area contributed by atoms with Crippen LogP contribution in [0, 0.1) is 5.41 Å². The third-order valence-corrected chi connectivity index (χ3v) is 3.13. The maximum Gasteiger partial charge on any atom is 0.273 e. The summed E-state index contributed by atoms with van der Waals surface area (Å²) in [5, 5.41) is 15.6. The van der Waals surface area contributed by atoms with Gasteiger partial charge >= 0.3 is 0 Å². The lowest BCUT2D eigenvalue weighted by Crippen LogP contribution is -2.39. The highest BCUT2D eigenvalue weighted by atomic mass is 16.5. The number of hydrogen-bond acceptors (Lipinski definition) is 4. The van der Waals surface area contributed by atoms with Gasteiger partial charge in [-0.2, -0.15) is 0 Å². The molecule has 0 aliphatic rings. The zero-order valence-corrected chi connectivity index (χ0v) is 9.69. The zero-order valence-electron chi connectivity index (χ0n) is 9.69. The average molecular weight is 226 g/mol. The van der Waals surface area contributed by atoms with E-state index in [2.05, 4.69) is 15.0 Å². The van der Waals surface area contributed by atoms with Gasteiger partial charge in [0.05, 0.1) is 6.61 Å². The summed E-state index contributed by atoms with van der Waals surface area (Å²) in [6.45, 7) is 4.52. The fourth-order valence-corrected chi connectivity index (χ4v) is 1.47. The van der Waals surface area contributed by atoms with Gasteiger partial charge < -0.3 is 14.9 Å². The van der Waals surface area contributed by atoms with Gasteiger partial charge in [0.1, 0.15) is 6.26 Å². The molecule has 0 spiro atoms. The van der Waals surface area contributed by atoms with Crippen LogP contribution in [0.4, 0.5) is 0 Å². The van der Waals surface area contributed by atoms with Gasteiger partial charge in [0, 0.05) is 18.0 Å². The lowest BCUT2D eigenvalue weighted by atomic mass is 9.83. The van der Waals surface area contributed by atoms with Gasteiger partial charge in [-0.1, -0.05) is 19.0 Å². The zero-order chi connectivity index (χ0) is 12.0. The van der Waals surface area contributed by atoms with Crippen molar-refractivity contribution in [1.29, 1.82) is 0 Å². The van der Waals surface area contributed by atoms with Crippen LogP contribution in [-0.2, 0) is 0 Å². The van der Waals surface area contributed by atoms with E-state index in [1.165, 1.54) is 12.3 Å². The Morgan fingerprint density at radius 1 is 1.56 bits per heavy atom. The number of amides is 1. The van der Waals surface area contributed by atoms with Gasteiger partial charge in [0.25, 0.3) is 5.91 Å². The van der Waals surface area contributed by atoms with Crippen molar-refractivity contribution in [2.45, 2.75) is 26.7 Å². The Kier molecular flexibility index (Phi) is 4.49. The number of aliphatic hydroxyl groups excluding tert-OH is 1. The predicted octanol–water partition coefficient (Wildman–Crippen LogP) is 1.20. The Hall–Kier alpha value is -1.36. The minimum Gasteiger partial charge on any atom is -0.396 e. The summed E-state index contributed by atoms with van der Waals surface area (Å²) in [7, 11) is 0.